The molecule has 0 saturated carbocycles. The number of carbonyl (C=O) groups is 1. The second-order valence-corrected chi connectivity index (χ2v) is 7.63. The highest BCUT2D eigenvalue weighted by Gasteiger charge is 2.40. The lowest BCUT2D eigenvalue weighted by molar-refractivity contribution is -0.132. The normalized spacial score (nSPS) is 25.3. The van der Waals surface area contributed by atoms with E-state index < -0.39 is 0 Å². The highest BCUT2D eigenvalue weighted by Crippen LogP contribution is 2.33. The average molecular weight is 354 g/mol. The Kier molecular flexibility index (Phi) is 7.29. The van der Waals surface area contributed by atoms with Gasteiger partial charge in [0.05, 0.1) is 19.6 Å². The first kappa shape index (κ1) is 19.1. The summed E-state index contributed by atoms with van der Waals surface area (Å²) >= 11 is 0. The Morgan fingerprint density at radius 2 is 1.85 bits per heavy atom. The molecule has 0 aromatic heterocycles. The molecule has 0 radical (unpaired) electrons. The molecule has 2 atom stereocenters. The van der Waals surface area contributed by atoms with Crippen molar-refractivity contribution in [2.24, 2.45) is 5.92 Å². The van der Waals surface area contributed by atoms with Gasteiger partial charge in [-0.15, -0.1) is 5.92 Å². The zero-order chi connectivity index (χ0) is 18.2. The van der Waals surface area contributed by atoms with E-state index in [1.807, 2.05) is 0 Å². The second-order valence-electron chi connectivity index (χ2n) is 7.63. The lowest BCUT2D eigenvalue weighted by atomic mass is 9.81. The Hall–Kier alpha value is -1.63. The summed E-state index contributed by atoms with van der Waals surface area (Å²) in [5.74, 6) is 6.79. The van der Waals surface area contributed by atoms with Gasteiger partial charge in [0.2, 0.25) is 0 Å². The van der Waals surface area contributed by atoms with Gasteiger partial charge in [-0.2, -0.15) is 0 Å². The topological polar surface area (TPSA) is 29.5 Å². The Balaban J connectivity index is 1.53. The van der Waals surface area contributed by atoms with Crippen LogP contribution >= 0.6 is 0 Å². The average Bonchev–Trinajstić information content (AvgIpc) is 2.65. The van der Waals surface area contributed by atoms with Crippen molar-refractivity contribution in [3.8, 4) is 11.8 Å². The number of ketones is 1. The monoisotopic (exact) mass is 353 g/mol. The standard InChI is InChI=1S/C23H31NO2/c1-2-3-4-5-6-10-13-23(25)20-14-21-17-26-18-22(15-20)24(21)16-19-11-8-7-9-12-19/h7-9,11-12,20-22H,2-5,13-18H2,1H3. The van der Waals surface area contributed by atoms with Crippen LogP contribution in [-0.4, -0.2) is 36.0 Å². The molecule has 2 unspecified atom stereocenters. The molecular formula is C23H31NO2. The fourth-order valence-corrected chi connectivity index (χ4v) is 4.15. The molecule has 2 saturated heterocycles. The van der Waals surface area contributed by atoms with Crippen molar-refractivity contribution in [2.75, 3.05) is 13.2 Å². The summed E-state index contributed by atoms with van der Waals surface area (Å²) in [6.45, 7) is 4.64. The van der Waals surface area contributed by atoms with Crippen LogP contribution in [0.1, 0.15) is 57.4 Å². The number of rotatable bonds is 7. The zero-order valence-electron chi connectivity index (χ0n) is 16.0. The van der Waals surface area contributed by atoms with Gasteiger partial charge in [0, 0.05) is 31.0 Å². The van der Waals surface area contributed by atoms with Crippen LogP contribution in [0.5, 0.6) is 0 Å². The highest BCUT2D eigenvalue weighted by molar-refractivity contribution is 5.83. The van der Waals surface area contributed by atoms with E-state index in [0.717, 1.165) is 45.4 Å². The SMILES string of the molecule is CCCCCC#CCC(=O)C1CC2COCC(C1)N2Cc1ccccc1. The number of hydrogen-bond donors (Lipinski definition) is 0. The molecule has 1 aromatic rings. The molecule has 0 amide bonds. The first-order valence-corrected chi connectivity index (χ1v) is 10.1. The summed E-state index contributed by atoms with van der Waals surface area (Å²) in [4.78, 5) is 15.2. The number of piperidine rings is 1. The molecule has 140 valence electrons. The van der Waals surface area contributed by atoms with Crippen molar-refractivity contribution in [1.29, 1.82) is 0 Å². The van der Waals surface area contributed by atoms with Crippen LogP contribution in [0.4, 0.5) is 0 Å². The minimum atomic E-state index is 0.158. The van der Waals surface area contributed by atoms with Crippen molar-refractivity contribution >= 4 is 5.78 Å². The van der Waals surface area contributed by atoms with Gasteiger partial charge >= 0.3 is 0 Å². The molecule has 0 N–H and O–H groups in total. The highest BCUT2D eigenvalue weighted by atomic mass is 16.5. The van der Waals surface area contributed by atoms with Crippen LogP contribution < -0.4 is 0 Å². The predicted octanol–water partition coefficient (Wildman–Crippen LogP) is 4.21. The van der Waals surface area contributed by atoms with Crippen LogP contribution in [0, 0.1) is 17.8 Å². The van der Waals surface area contributed by atoms with Crippen LogP contribution in [0.2, 0.25) is 0 Å². The van der Waals surface area contributed by atoms with E-state index >= 15 is 0 Å². The molecule has 2 aliphatic rings. The molecule has 3 nitrogen and oxygen atoms in total. The summed E-state index contributed by atoms with van der Waals surface area (Å²) < 4.78 is 5.79. The first-order valence-electron chi connectivity index (χ1n) is 10.1. The minimum Gasteiger partial charge on any atom is -0.378 e. The van der Waals surface area contributed by atoms with Crippen molar-refractivity contribution in [3.05, 3.63) is 35.9 Å². The molecule has 26 heavy (non-hydrogen) atoms. The smallest absolute Gasteiger partial charge is 0.147 e. The number of nitrogens with zero attached hydrogens (tertiary/aromatic N) is 1. The fourth-order valence-electron chi connectivity index (χ4n) is 4.15. The number of ether oxygens (including phenoxy) is 1. The van der Waals surface area contributed by atoms with Crippen LogP contribution in [-0.2, 0) is 16.1 Å². The van der Waals surface area contributed by atoms with E-state index in [9.17, 15) is 4.79 Å². The van der Waals surface area contributed by atoms with Crippen molar-refractivity contribution in [3.63, 3.8) is 0 Å². The molecule has 2 heterocycles. The number of Topliss-reactive ketones (excluding diaryl/α,β-unsaturated/α-hetero) is 1. The van der Waals surface area contributed by atoms with Crippen LogP contribution in [0.3, 0.4) is 0 Å². The predicted molar refractivity (Wildman–Crippen MR) is 105 cm³/mol. The van der Waals surface area contributed by atoms with E-state index in [-0.39, 0.29) is 5.92 Å². The minimum absolute atomic E-state index is 0.158. The summed E-state index contributed by atoms with van der Waals surface area (Å²) in [5, 5.41) is 0. The van der Waals surface area contributed by atoms with Gasteiger partial charge in [0.15, 0.2) is 0 Å². The number of morpholine rings is 1. The Bertz CT molecular complexity index is 617. The van der Waals surface area contributed by atoms with Crippen molar-refractivity contribution in [1.82, 2.24) is 4.90 Å². The van der Waals surface area contributed by atoms with E-state index in [4.69, 9.17) is 4.74 Å². The molecule has 2 aliphatic heterocycles. The number of unbranched alkanes of at least 4 members (excludes halogenated alkanes) is 3. The third kappa shape index (κ3) is 5.19. The molecular weight excluding hydrogens is 322 g/mol. The molecule has 2 bridgehead atoms. The summed E-state index contributed by atoms with van der Waals surface area (Å²) in [5.41, 5.74) is 1.34. The maximum absolute atomic E-state index is 12.6. The number of benzene rings is 1. The second kappa shape index (κ2) is 9.90. The number of hydrogen-bond acceptors (Lipinski definition) is 3. The maximum atomic E-state index is 12.6. The third-order valence-electron chi connectivity index (χ3n) is 5.63. The van der Waals surface area contributed by atoms with Crippen LogP contribution in [0.25, 0.3) is 0 Å². The Morgan fingerprint density at radius 1 is 1.12 bits per heavy atom. The van der Waals surface area contributed by atoms with Crippen molar-refractivity contribution in [2.45, 2.75) is 70.5 Å². The van der Waals surface area contributed by atoms with E-state index in [0.29, 0.717) is 24.3 Å². The van der Waals surface area contributed by atoms with Gasteiger partial charge in [-0.25, -0.2) is 0 Å². The van der Waals surface area contributed by atoms with E-state index in [1.165, 1.54) is 18.4 Å². The van der Waals surface area contributed by atoms with Gasteiger partial charge < -0.3 is 4.74 Å². The number of carbonyl (C=O) groups excluding carboxylic acids is 1. The first-order chi connectivity index (χ1) is 12.8. The maximum Gasteiger partial charge on any atom is 0.147 e. The van der Waals surface area contributed by atoms with Gasteiger partial charge in [0.1, 0.15) is 5.78 Å². The molecule has 2 fully saturated rings. The zero-order valence-corrected chi connectivity index (χ0v) is 16.0. The third-order valence-corrected chi connectivity index (χ3v) is 5.63. The summed E-state index contributed by atoms with van der Waals surface area (Å²) in [6, 6.07) is 11.3. The summed E-state index contributed by atoms with van der Waals surface area (Å²) in [7, 11) is 0. The molecule has 3 rings (SSSR count). The molecule has 3 heteroatoms. The van der Waals surface area contributed by atoms with Gasteiger partial charge in [-0.05, 0) is 24.8 Å². The van der Waals surface area contributed by atoms with E-state index in [1.54, 1.807) is 0 Å². The Morgan fingerprint density at radius 3 is 2.54 bits per heavy atom. The lowest BCUT2D eigenvalue weighted by Crippen LogP contribution is -2.57. The van der Waals surface area contributed by atoms with Gasteiger partial charge in [-0.3, -0.25) is 9.69 Å². The lowest BCUT2D eigenvalue weighted by Gasteiger charge is -2.48. The molecule has 0 spiro atoms. The number of fused-ring (bicyclic) bond motifs is 2. The van der Waals surface area contributed by atoms with Crippen molar-refractivity contribution < 1.29 is 9.53 Å². The van der Waals surface area contributed by atoms with Gasteiger partial charge in [-0.1, -0.05) is 56.0 Å². The molecule has 1 aromatic carbocycles. The molecule has 0 aliphatic carbocycles. The van der Waals surface area contributed by atoms with Crippen LogP contribution in [0.15, 0.2) is 30.3 Å². The Labute approximate surface area is 158 Å². The summed E-state index contributed by atoms with van der Waals surface area (Å²) in [6.07, 6.45) is 6.78. The fraction of sp³-hybridized carbons (Fsp3) is 0.609. The largest absolute Gasteiger partial charge is 0.378 e. The van der Waals surface area contributed by atoms with Gasteiger partial charge in [0.25, 0.3) is 0 Å². The quantitative estimate of drug-likeness (QED) is 0.543. The van der Waals surface area contributed by atoms with E-state index in [2.05, 4.69) is 54.0 Å².